The molecule has 0 aliphatic carbocycles. The fraction of sp³-hybridized carbons (Fsp3) is 0.462. The Morgan fingerprint density at radius 1 is 1.40 bits per heavy atom. The Hall–Kier alpha value is -1.27. The van der Waals surface area contributed by atoms with E-state index in [1.165, 1.54) is 6.26 Å². The smallest absolute Gasteiger partial charge is 0.149 e. The number of para-hydroxylation sites is 1. The van der Waals surface area contributed by atoms with Crippen molar-refractivity contribution in [2.75, 3.05) is 25.0 Å². The number of methoxy groups -OCH3 is 1. The van der Waals surface area contributed by atoms with Crippen LogP contribution in [0, 0.1) is 0 Å². The second-order valence-electron chi connectivity index (χ2n) is 4.58. The number of aromatic nitrogens is 2. The zero-order chi connectivity index (χ0) is 14.8. The van der Waals surface area contributed by atoms with Gasteiger partial charge in [-0.05, 0) is 12.1 Å². The maximum absolute atomic E-state index is 11.4. The summed E-state index contributed by atoms with van der Waals surface area (Å²) in [6.45, 7) is 0.370. The van der Waals surface area contributed by atoms with Crippen molar-refractivity contribution in [3.8, 4) is 5.75 Å². The van der Waals surface area contributed by atoms with E-state index in [-0.39, 0.29) is 5.75 Å². The molecule has 0 bridgehead atoms. The summed E-state index contributed by atoms with van der Waals surface area (Å²) in [5, 5.41) is 0. The zero-order valence-electron chi connectivity index (χ0n) is 11.5. The van der Waals surface area contributed by atoms with Crippen LogP contribution in [0.2, 0.25) is 0 Å². The Balaban J connectivity index is 2.51. The molecule has 7 heteroatoms. The Labute approximate surface area is 123 Å². The van der Waals surface area contributed by atoms with Gasteiger partial charge in [-0.3, -0.25) is 0 Å². The SMILES string of the molecule is COc1cccc2c1nc(CCCl)n2CCS(C)(=O)=O. The van der Waals surface area contributed by atoms with E-state index >= 15 is 0 Å². The summed E-state index contributed by atoms with van der Waals surface area (Å²) < 4.78 is 29.9. The normalized spacial score (nSPS) is 11.9. The second-order valence-corrected chi connectivity index (χ2v) is 7.21. The third-order valence-electron chi connectivity index (χ3n) is 3.04. The first-order valence-electron chi connectivity index (χ1n) is 6.22. The third kappa shape index (κ3) is 3.24. The number of halogens is 1. The molecule has 0 spiro atoms. The number of rotatable bonds is 6. The van der Waals surface area contributed by atoms with Crippen molar-refractivity contribution in [2.24, 2.45) is 0 Å². The molecule has 0 saturated heterocycles. The number of benzene rings is 1. The highest BCUT2D eigenvalue weighted by atomic mass is 35.5. The predicted molar refractivity (Wildman–Crippen MR) is 80.4 cm³/mol. The number of alkyl halides is 1. The van der Waals surface area contributed by atoms with Gasteiger partial charge in [0.05, 0.1) is 18.4 Å². The molecule has 2 rings (SSSR count). The van der Waals surface area contributed by atoms with Gasteiger partial charge in [-0.1, -0.05) is 6.07 Å². The maximum Gasteiger partial charge on any atom is 0.149 e. The van der Waals surface area contributed by atoms with Crippen LogP contribution in [0.3, 0.4) is 0 Å². The van der Waals surface area contributed by atoms with Crippen molar-refractivity contribution in [1.29, 1.82) is 0 Å². The van der Waals surface area contributed by atoms with Crippen LogP contribution in [0.15, 0.2) is 18.2 Å². The fourth-order valence-corrected chi connectivity index (χ4v) is 2.80. The fourth-order valence-electron chi connectivity index (χ4n) is 2.12. The molecule has 0 aliphatic rings. The first-order chi connectivity index (χ1) is 9.46. The molecular formula is C13H17ClN2O3S. The lowest BCUT2D eigenvalue weighted by molar-refractivity contribution is 0.419. The summed E-state index contributed by atoms with van der Waals surface area (Å²) in [5.74, 6) is 1.97. The van der Waals surface area contributed by atoms with Crippen molar-refractivity contribution in [3.63, 3.8) is 0 Å². The van der Waals surface area contributed by atoms with E-state index in [1.807, 2.05) is 22.8 Å². The number of ether oxygens (including phenoxy) is 1. The lowest BCUT2D eigenvalue weighted by Crippen LogP contribution is -2.13. The minimum atomic E-state index is -3.03. The summed E-state index contributed by atoms with van der Waals surface area (Å²) in [5.41, 5.74) is 1.61. The van der Waals surface area contributed by atoms with Gasteiger partial charge in [0.15, 0.2) is 0 Å². The molecule has 1 aromatic heterocycles. The van der Waals surface area contributed by atoms with Crippen LogP contribution in [0.1, 0.15) is 5.82 Å². The van der Waals surface area contributed by atoms with E-state index in [0.717, 1.165) is 16.9 Å². The van der Waals surface area contributed by atoms with Crippen LogP contribution in [0.4, 0.5) is 0 Å². The van der Waals surface area contributed by atoms with Crippen LogP contribution < -0.4 is 4.74 Å². The number of hydrogen-bond donors (Lipinski definition) is 0. The highest BCUT2D eigenvalue weighted by molar-refractivity contribution is 7.90. The zero-order valence-corrected chi connectivity index (χ0v) is 13.0. The average Bonchev–Trinajstić information content (AvgIpc) is 2.73. The molecule has 0 fully saturated rings. The molecule has 0 atom stereocenters. The number of fused-ring (bicyclic) bond motifs is 1. The Bertz CT molecular complexity index is 710. The van der Waals surface area contributed by atoms with E-state index in [9.17, 15) is 8.42 Å². The minimum absolute atomic E-state index is 0.0744. The molecule has 2 aromatic rings. The molecule has 0 N–H and O–H groups in total. The molecule has 5 nitrogen and oxygen atoms in total. The quantitative estimate of drug-likeness (QED) is 0.763. The first-order valence-corrected chi connectivity index (χ1v) is 8.81. The van der Waals surface area contributed by atoms with Crippen molar-refractivity contribution >= 4 is 32.5 Å². The molecule has 110 valence electrons. The Kier molecular flexibility index (Phi) is 4.55. The Morgan fingerprint density at radius 3 is 2.75 bits per heavy atom. The third-order valence-corrected chi connectivity index (χ3v) is 4.16. The summed E-state index contributed by atoms with van der Waals surface area (Å²) in [6, 6.07) is 5.61. The van der Waals surface area contributed by atoms with Gasteiger partial charge in [0.25, 0.3) is 0 Å². The van der Waals surface area contributed by atoms with Crippen molar-refractivity contribution < 1.29 is 13.2 Å². The highest BCUT2D eigenvalue weighted by Gasteiger charge is 2.15. The number of hydrogen-bond acceptors (Lipinski definition) is 4. The Morgan fingerprint density at radius 2 is 2.15 bits per heavy atom. The van der Waals surface area contributed by atoms with E-state index in [4.69, 9.17) is 16.3 Å². The van der Waals surface area contributed by atoms with Crippen molar-refractivity contribution in [1.82, 2.24) is 9.55 Å². The number of imidazole rings is 1. The van der Waals surface area contributed by atoms with Gasteiger partial charge in [0, 0.05) is 25.1 Å². The van der Waals surface area contributed by atoms with Crippen LogP contribution in [-0.2, 0) is 22.8 Å². The molecule has 1 aromatic carbocycles. The van der Waals surface area contributed by atoms with Gasteiger partial charge in [0.2, 0.25) is 0 Å². The van der Waals surface area contributed by atoms with Gasteiger partial charge in [-0.2, -0.15) is 0 Å². The topological polar surface area (TPSA) is 61.2 Å². The molecule has 0 saturated carbocycles. The van der Waals surface area contributed by atoms with Gasteiger partial charge >= 0.3 is 0 Å². The summed E-state index contributed by atoms with van der Waals surface area (Å²) in [7, 11) is -1.44. The molecule has 0 unspecified atom stereocenters. The lowest BCUT2D eigenvalue weighted by atomic mass is 10.3. The molecular weight excluding hydrogens is 300 g/mol. The van der Waals surface area contributed by atoms with E-state index < -0.39 is 9.84 Å². The summed E-state index contributed by atoms with van der Waals surface area (Å²) in [4.78, 5) is 4.53. The van der Waals surface area contributed by atoms with Crippen LogP contribution in [-0.4, -0.2) is 43.0 Å². The first kappa shape index (κ1) is 15.1. The van der Waals surface area contributed by atoms with Gasteiger partial charge in [-0.15, -0.1) is 11.6 Å². The monoisotopic (exact) mass is 316 g/mol. The number of sulfone groups is 1. The highest BCUT2D eigenvalue weighted by Crippen LogP contribution is 2.26. The van der Waals surface area contributed by atoms with E-state index in [2.05, 4.69) is 4.98 Å². The maximum atomic E-state index is 11.4. The van der Waals surface area contributed by atoms with E-state index in [0.29, 0.717) is 24.6 Å². The molecule has 0 radical (unpaired) electrons. The largest absolute Gasteiger partial charge is 0.494 e. The van der Waals surface area contributed by atoms with Crippen LogP contribution >= 0.6 is 11.6 Å². The molecule has 0 amide bonds. The minimum Gasteiger partial charge on any atom is -0.494 e. The number of aryl methyl sites for hydroxylation is 2. The second kappa shape index (κ2) is 6.01. The molecule has 1 heterocycles. The van der Waals surface area contributed by atoms with Gasteiger partial charge in [-0.25, -0.2) is 13.4 Å². The molecule has 20 heavy (non-hydrogen) atoms. The van der Waals surface area contributed by atoms with Crippen molar-refractivity contribution in [3.05, 3.63) is 24.0 Å². The van der Waals surface area contributed by atoms with E-state index in [1.54, 1.807) is 7.11 Å². The standard InChI is InChI=1S/C13H17ClN2O3S/c1-19-11-5-3-4-10-13(11)15-12(6-7-14)16(10)8-9-20(2,17)18/h3-5H,6-9H2,1-2H3. The molecule has 0 aliphatic heterocycles. The predicted octanol–water partition coefficient (Wildman–Crippen LogP) is 1.87. The lowest BCUT2D eigenvalue weighted by Gasteiger charge is -2.07. The average molecular weight is 317 g/mol. The summed E-state index contributed by atoms with van der Waals surface area (Å²) >= 11 is 5.80. The van der Waals surface area contributed by atoms with Gasteiger partial charge in [0.1, 0.15) is 26.9 Å². The van der Waals surface area contributed by atoms with Crippen LogP contribution in [0.5, 0.6) is 5.75 Å². The van der Waals surface area contributed by atoms with Crippen molar-refractivity contribution in [2.45, 2.75) is 13.0 Å². The van der Waals surface area contributed by atoms with Crippen LogP contribution in [0.25, 0.3) is 11.0 Å². The number of nitrogens with zero attached hydrogens (tertiary/aromatic N) is 2. The van der Waals surface area contributed by atoms with Gasteiger partial charge < -0.3 is 9.30 Å². The summed E-state index contributed by atoms with van der Waals surface area (Å²) in [6.07, 6.45) is 1.82.